The highest BCUT2D eigenvalue weighted by Crippen LogP contribution is 2.25. The molecular weight excluding hydrogens is 202 g/mol. The highest BCUT2D eigenvalue weighted by Gasteiger charge is 2.21. The summed E-state index contributed by atoms with van der Waals surface area (Å²) in [5.41, 5.74) is 7.86. The third kappa shape index (κ3) is 1.87. The van der Waals surface area contributed by atoms with E-state index in [-0.39, 0.29) is 5.91 Å². The number of hydrogen-bond donors (Lipinski definition) is 1. The first kappa shape index (κ1) is 10.9. The summed E-state index contributed by atoms with van der Waals surface area (Å²) in [6.45, 7) is 5.79. The van der Waals surface area contributed by atoms with Gasteiger partial charge in [0.2, 0.25) is 0 Å². The fraction of sp³-hybridized carbons (Fsp3) is 0.500. The molecule has 0 spiro atoms. The van der Waals surface area contributed by atoms with Crippen LogP contribution in [0.3, 0.4) is 0 Å². The molecule has 0 bridgehead atoms. The Kier molecular flexibility index (Phi) is 2.81. The van der Waals surface area contributed by atoms with Crippen LogP contribution < -0.4 is 10.6 Å². The van der Waals surface area contributed by atoms with Crippen LogP contribution >= 0.6 is 0 Å². The lowest BCUT2D eigenvalue weighted by Crippen LogP contribution is -2.25. The second-order valence-corrected chi connectivity index (χ2v) is 4.34. The Morgan fingerprint density at radius 1 is 1.38 bits per heavy atom. The molecule has 0 radical (unpaired) electrons. The summed E-state index contributed by atoms with van der Waals surface area (Å²) in [6.07, 6.45) is 2.32. The van der Waals surface area contributed by atoms with E-state index < -0.39 is 0 Å². The molecule has 0 atom stereocenters. The number of carbonyl (C=O) groups excluding carboxylic acids is 1. The van der Waals surface area contributed by atoms with Gasteiger partial charge in [0.25, 0.3) is 5.91 Å². The van der Waals surface area contributed by atoms with Crippen molar-refractivity contribution < 1.29 is 4.79 Å². The summed E-state index contributed by atoms with van der Waals surface area (Å²) in [5, 5.41) is 0. The van der Waals surface area contributed by atoms with Crippen molar-refractivity contribution in [2.24, 2.45) is 5.73 Å². The summed E-state index contributed by atoms with van der Waals surface area (Å²) >= 11 is 0. The molecule has 1 fully saturated rings. The number of aromatic nitrogens is 1. The van der Waals surface area contributed by atoms with Gasteiger partial charge in [-0.1, -0.05) is 0 Å². The molecule has 86 valence electrons. The third-order valence-electron chi connectivity index (χ3n) is 2.98. The largest absolute Gasteiger partial charge is 0.365 e. The van der Waals surface area contributed by atoms with Crippen molar-refractivity contribution in [3.05, 3.63) is 22.9 Å². The lowest BCUT2D eigenvalue weighted by Gasteiger charge is -2.20. The van der Waals surface area contributed by atoms with Crippen LogP contribution in [0.2, 0.25) is 0 Å². The van der Waals surface area contributed by atoms with E-state index >= 15 is 0 Å². The lowest BCUT2D eigenvalue weighted by molar-refractivity contribution is 0.1000. The lowest BCUT2D eigenvalue weighted by atomic mass is 10.1. The van der Waals surface area contributed by atoms with Crippen molar-refractivity contribution in [3.8, 4) is 0 Å². The second-order valence-electron chi connectivity index (χ2n) is 4.34. The molecule has 4 nitrogen and oxygen atoms in total. The van der Waals surface area contributed by atoms with E-state index in [1.54, 1.807) is 0 Å². The molecule has 1 aromatic heterocycles. The van der Waals surface area contributed by atoms with Gasteiger partial charge in [-0.2, -0.15) is 0 Å². The summed E-state index contributed by atoms with van der Waals surface area (Å²) in [7, 11) is 0. The number of pyridine rings is 1. The van der Waals surface area contributed by atoms with Crippen LogP contribution in [0, 0.1) is 13.8 Å². The summed E-state index contributed by atoms with van der Waals surface area (Å²) in [5.74, 6) is 0.384. The number of amides is 1. The van der Waals surface area contributed by atoms with Crippen molar-refractivity contribution in [3.63, 3.8) is 0 Å². The van der Waals surface area contributed by atoms with Gasteiger partial charge in [-0.3, -0.25) is 4.79 Å². The summed E-state index contributed by atoms with van der Waals surface area (Å²) < 4.78 is 0. The van der Waals surface area contributed by atoms with Gasteiger partial charge in [0.05, 0.1) is 5.56 Å². The fourth-order valence-corrected chi connectivity index (χ4v) is 2.28. The average Bonchev–Trinajstić information content (AvgIpc) is 2.67. The molecule has 0 unspecified atom stereocenters. The van der Waals surface area contributed by atoms with E-state index in [9.17, 15) is 4.79 Å². The first-order chi connectivity index (χ1) is 7.59. The fourth-order valence-electron chi connectivity index (χ4n) is 2.28. The first-order valence-electron chi connectivity index (χ1n) is 5.62. The average molecular weight is 219 g/mol. The van der Waals surface area contributed by atoms with Gasteiger partial charge < -0.3 is 10.6 Å². The number of nitrogens with two attached hydrogens (primary N) is 1. The van der Waals surface area contributed by atoms with Crippen LogP contribution in [0.1, 0.15) is 34.5 Å². The molecule has 4 heteroatoms. The molecular formula is C12H17N3O. The molecule has 0 aliphatic carbocycles. The van der Waals surface area contributed by atoms with E-state index in [2.05, 4.69) is 9.88 Å². The molecule has 0 aromatic carbocycles. The Morgan fingerprint density at radius 3 is 2.56 bits per heavy atom. The predicted molar refractivity (Wildman–Crippen MR) is 63.7 cm³/mol. The highest BCUT2D eigenvalue weighted by molar-refractivity contribution is 5.99. The Hall–Kier alpha value is -1.58. The zero-order valence-electron chi connectivity index (χ0n) is 9.79. The van der Waals surface area contributed by atoms with Crippen LogP contribution in [-0.4, -0.2) is 24.0 Å². The van der Waals surface area contributed by atoms with E-state index in [1.807, 2.05) is 19.9 Å². The van der Waals surface area contributed by atoms with Gasteiger partial charge in [-0.25, -0.2) is 4.98 Å². The quantitative estimate of drug-likeness (QED) is 0.817. The number of carbonyl (C=O) groups is 1. The maximum absolute atomic E-state index is 11.5. The van der Waals surface area contributed by atoms with Crippen LogP contribution in [0.5, 0.6) is 0 Å². The van der Waals surface area contributed by atoms with Crippen molar-refractivity contribution in [1.82, 2.24) is 4.98 Å². The Balaban J connectivity index is 2.52. The predicted octanol–water partition coefficient (Wildman–Crippen LogP) is 1.40. The number of anilines is 1. The van der Waals surface area contributed by atoms with Gasteiger partial charge in [0, 0.05) is 18.8 Å². The van der Waals surface area contributed by atoms with Crippen molar-refractivity contribution in [2.45, 2.75) is 26.7 Å². The molecule has 0 saturated carbocycles. The number of primary amides is 1. The van der Waals surface area contributed by atoms with E-state index in [0.29, 0.717) is 5.56 Å². The van der Waals surface area contributed by atoms with E-state index in [0.717, 1.165) is 43.0 Å². The Bertz CT molecular complexity index is 423. The molecule has 1 aliphatic heterocycles. The highest BCUT2D eigenvalue weighted by atomic mass is 16.1. The molecule has 2 N–H and O–H groups in total. The van der Waals surface area contributed by atoms with Crippen molar-refractivity contribution in [1.29, 1.82) is 0 Å². The Morgan fingerprint density at radius 2 is 2.00 bits per heavy atom. The Labute approximate surface area is 95.5 Å². The maximum atomic E-state index is 11.5. The van der Waals surface area contributed by atoms with E-state index in [1.165, 1.54) is 0 Å². The molecule has 16 heavy (non-hydrogen) atoms. The van der Waals surface area contributed by atoms with Crippen LogP contribution in [0.25, 0.3) is 0 Å². The van der Waals surface area contributed by atoms with E-state index in [4.69, 9.17) is 5.73 Å². The van der Waals surface area contributed by atoms with Gasteiger partial charge in [-0.05, 0) is 38.3 Å². The monoisotopic (exact) mass is 219 g/mol. The minimum atomic E-state index is -0.383. The summed E-state index contributed by atoms with van der Waals surface area (Å²) in [6, 6.07) is 1.90. The van der Waals surface area contributed by atoms with Gasteiger partial charge >= 0.3 is 0 Å². The van der Waals surface area contributed by atoms with Crippen LogP contribution in [-0.2, 0) is 0 Å². The zero-order chi connectivity index (χ0) is 11.7. The SMILES string of the molecule is Cc1cc(C)c(C(N)=O)c(N2CCCC2)n1. The minimum Gasteiger partial charge on any atom is -0.365 e. The normalized spacial score (nSPS) is 15.5. The number of nitrogens with zero attached hydrogens (tertiary/aromatic N) is 2. The van der Waals surface area contributed by atoms with Gasteiger partial charge in [0.15, 0.2) is 0 Å². The van der Waals surface area contributed by atoms with Crippen molar-refractivity contribution >= 4 is 11.7 Å². The van der Waals surface area contributed by atoms with Crippen LogP contribution in [0.4, 0.5) is 5.82 Å². The number of hydrogen-bond acceptors (Lipinski definition) is 3. The molecule has 2 heterocycles. The van der Waals surface area contributed by atoms with Gasteiger partial charge in [-0.15, -0.1) is 0 Å². The molecule has 1 aliphatic rings. The number of rotatable bonds is 2. The van der Waals surface area contributed by atoms with Crippen LogP contribution in [0.15, 0.2) is 6.07 Å². The maximum Gasteiger partial charge on any atom is 0.252 e. The molecule has 2 rings (SSSR count). The molecule has 1 amide bonds. The smallest absolute Gasteiger partial charge is 0.252 e. The third-order valence-corrected chi connectivity index (χ3v) is 2.98. The van der Waals surface area contributed by atoms with Gasteiger partial charge in [0.1, 0.15) is 5.82 Å². The second kappa shape index (κ2) is 4.12. The minimum absolute atomic E-state index is 0.383. The zero-order valence-corrected chi connectivity index (χ0v) is 9.79. The molecule has 1 aromatic rings. The standard InChI is InChI=1S/C12H17N3O/c1-8-7-9(2)14-12(10(8)11(13)16)15-5-3-4-6-15/h7H,3-6H2,1-2H3,(H2,13,16). The summed E-state index contributed by atoms with van der Waals surface area (Å²) in [4.78, 5) is 18.1. The van der Waals surface area contributed by atoms with Crippen molar-refractivity contribution in [2.75, 3.05) is 18.0 Å². The topological polar surface area (TPSA) is 59.2 Å². The number of aryl methyl sites for hydroxylation is 2. The molecule has 1 saturated heterocycles. The first-order valence-corrected chi connectivity index (χ1v) is 5.62.